The zero-order valence-electron chi connectivity index (χ0n) is 18.4. The molecule has 3 unspecified atom stereocenters. The average Bonchev–Trinajstić information content (AvgIpc) is 2.81. The molecule has 1 aliphatic heterocycles. The Balaban J connectivity index is 1.65. The summed E-state index contributed by atoms with van der Waals surface area (Å²) in [6.45, 7) is 1.17. The van der Waals surface area contributed by atoms with Crippen molar-refractivity contribution in [3.8, 4) is 0 Å². The van der Waals surface area contributed by atoms with Crippen molar-refractivity contribution in [3.63, 3.8) is 0 Å². The molecule has 1 fully saturated rings. The van der Waals surface area contributed by atoms with Gasteiger partial charge in [-0.1, -0.05) is 60.7 Å². The second kappa shape index (κ2) is 9.71. The number of rotatable bonds is 6. The largest absolute Gasteiger partial charge is 0.395 e. The summed E-state index contributed by atoms with van der Waals surface area (Å²) in [5.74, 6) is -2.07. The number of aliphatic hydroxyl groups excluding tert-OH is 1. The van der Waals surface area contributed by atoms with Gasteiger partial charge in [-0.25, -0.2) is 17.2 Å². The van der Waals surface area contributed by atoms with Crippen LogP contribution in [-0.4, -0.2) is 30.5 Å². The number of nitrogens with zero attached hydrogens (tertiary/aromatic N) is 1. The number of aliphatic hydroxyl groups is 1. The zero-order valence-corrected chi connectivity index (χ0v) is 19.2. The van der Waals surface area contributed by atoms with Gasteiger partial charge in [0.15, 0.2) is 0 Å². The molecule has 7 heteroatoms. The molecule has 0 amide bonds. The van der Waals surface area contributed by atoms with Crippen LogP contribution in [0.4, 0.5) is 8.78 Å². The van der Waals surface area contributed by atoms with Crippen molar-refractivity contribution in [1.82, 2.24) is 4.31 Å². The van der Waals surface area contributed by atoms with E-state index in [1.807, 2.05) is 6.07 Å². The lowest BCUT2D eigenvalue weighted by atomic mass is 9.90. The second-order valence-electron chi connectivity index (χ2n) is 8.53. The molecule has 3 aromatic rings. The molecule has 1 saturated heterocycles. The highest BCUT2D eigenvalue weighted by molar-refractivity contribution is 7.89. The van der Waals surface area contributed by atoms with Crippen molar-refractivity contribution >= 4 is 10.0 Å². The smallest absolute Gasteiger partial charge is 0.221 e. The van der Waals surface area contributed by atoms with Gasteiger partial charge in [-0.2, -0.15) is 4.31 Å². The van der Waals surface area contributed by atoms with Gasteiger partial charge in [-0.05, 0) is 43.0 Å². The summed E-state index contributed by atoms with van der Waals surface area (Å²) in [5, 5.41) is 9.13. The minimum Gasteiger partial charge on any atom is -0.395 e. The minimum absolute atomic E-state index is 0.0230. The summed E-state index contributed by atoms with van der Waals surface area (Å²) in [6.07, 6.45) is 1.11. The number of benzene rings is 3. The van der Waals surface area contributed by atoms with E-state index in [4.69, 9.17) is 0 Å². The van der Waals surface area contributed by atoms with Gasteiger partial charge < -0.3 is 5.11 Å². The van der Waals surface area contributed by atoms with Crippen molar-refractivity contribution in [1.29, 1.82) is 0 Å². The van der Waals surface area contributed by atoms with Crippen LogP contribution in [0.3, 0.4) is 0 Å². The standard InChI is InChI=1S/C26H27F2NO3S/c1-18-12-13-26(20-10-6-3-7-11-20)33(31,32)29(18)16-21-14-25(28)22(15-24(21)27)23(17-30)19-8-4-2-5-9-19/h2-11,14-15,18,23,26,30H,12-13,16-17H2,1H3. The van der Waals surface area contributed by atoms with Gasteiger partial charge in [0.1, 0.15) is 16.9 Å². The van der Waals surface area contributed by atoms with Gasteiger partial charge in [0.25, 0.3) is 0 Å². The molecule has 3 aromatic carbocycles. The fraction of sp³-hybridized carbons (Fsp3) is 0.308. The zero-order chi connectivity index (χ0) is 23.6. The molecule has 4 rings (SSSR count). The Morgan fingerprint density at radius 1 is 0.970 bits per heavy atom. The third kappa shape index (κ3) is 4.71. The van der Waals surface area contributed by atoms with Crippen LogP contribution in [0.5, 0.6) is 0 Å². The summed E-state index contributed by atoms with van der Waals surface area (Å²) >= 11 is 0. The van der Waals surface area contributed by atoms with E-state index in [0.717, 1.165) is 12.1 Å². The lowest BCUT2D eigenvalue weighted by molar-refractivity contribution is 0.275. The molecule has 0 bridgehead atoms. The van der Waals surface area contributed by atoms with E-state index in [1.54, 1.807) is 61.5 Å². The maximum atomic E-state index is 15.1. The van der Waals surface area contributed by atoms with Gasteiger partial charge in [0.05, 0.1) is 6.61 Å². The highest BCUT2D eigenvalue weighted by Crippen LogP contribution is 2.38. The predicted molar refractivity (Wildman–Crippen MR) is 124 cm³/mol. The second-order valence-corrected chi connectivity index (χ2v) is 10.6. The van der Waals surface area contributed by atoms with E-state index in [9.17, 15) is 13.5 Å². The Morgan fingerprint density at radius 3 is 2.24 bits per heavy atom. The van der Waals surface area contributed by atoms with Crippen molar-refractivity contribution in [2.75, 3.05) is 6.61 Å². The normalized spacial score (nSPS) is 21.6. The van der Waals surface area contributed by atoms with E-state index in [-0.39, 0.29) is 30.3 Å². The lowest BCUT2D eigenvalue weighted by Gasteiger charge is -2.37. The molecular formula is C26H27F2NO3S. The van der Waals surface area contributed by atoms with Crippen molar-refractivity contribution in [2.45, 2.75) is 43.5 Å². The first-order valence-corrected chi connectivity index (χ1v) is 12.5. The lowest BCUT2D eigenvalue weighted by Crippen LogP contribution is -2.44. The molecule has 33 heavy (non-hydrogen) atoms. The molecular weight excluding hydrogens is 444 g/mol. The molecule has 1 aliphatic rings. The van der Waals surface area contributed by atoms with Gasteiger partial charge in [-0.15, -0.1) is 0 Å². The maximum Gasteiger partial charge on any atom is 0.221 e. The van der Waals surface area contributed by atoms with Crippen LogP contribution in [0.1, 0.15) is 53.2 Å². The summed E-state index contributed by atoms with van der Waals surface area (Å²) in [4.78, 5) is 0. The molecule has 3 atom stereocenters. The van der Waals surface area contributed by atoms with Crippen LogP contribution >= 0.6 is 0 Å². The summed E-state index contributed by atoms with van der Waals surface area (Å²) in [7, 11) is -3.76. The maximum absolute atomic E-state index is 15.1. The van der Waals surface area contributed by atoms with Crippen LogP contribution in [0, 0.1) is 11.6 Å². The first-order chi connectivity index (χ1) is 15.8. The predicted octanol–water partition coefficient (Wildman–Crippen LogP) is 5.14. The number of sulfonamides is 1. The molecule has 0 aromatic heterocycles. The van der Waals surface area contributed by atoms with Crippen molar-refractivity contribution in [3.05, 3.63) is 107 Å². The van der Waals surface area contributed by atoms with Crippen LogP contribution in [-0.2, 0) is 16.6 Å². The van der Waals surface area contributed by atoms with Crippen LogP contribution in [0.2, 0.25) is 0 Å². The summed E-state index contributed by atoms with van der Waals surface area (Å²) < 4.78 is 58.3. The number of halogens is 2. The highest BCUT2D eigenvalue weighted by atomic mass is 32.2. The van der Waals surface area contributed by atoms with Gasteiger partial charge in [0, 0.05) is 29.6 Å². The first kappa shape index (κ1) is 23.5. The molecule has 1 heterocycles. The average molecular weight is 472 g/mol. The Hall–Kier alpha value is -2.61. The molecule has 0 saturated carbocycles. The van der Waals surface area contributed by atoms with Gasteiger partial charge in [-0.3, -0.25) is 0 Å². The Bertz CT molecular complexity index is 1200. The van der Waals surface area contributed by atoms with E-state index in [0.29, 0.717) is 24.0 Å². The summed E-state index contributed by atoms with van der Waals surface area (Å²) in [6, 6.07) is 19.6. The third-order valence-electron chi connectivity index (χ3n) is 6.45. The van der Waals surface area contributed by atoms with Crippen LogP contribution in [0.25, 0.3) is 0 Å². The fourth-order valence-electron chi connectivity index (χ4n) is 4.58. The first-order valence-electron chi connectivity index (χ1n) is 11.0. The van der Waals surface area contributed by atoms with Gasteiger partial charge in [0.2, 0.25) is 10.0 Å². The summed E-state index contributed by atoms with van der Waals surface area (Å²) in [5.41, 5.74) is 1.39. The Labute approximate surface area is 193 Å². The van der Waals surface area contributed by atoms with E-state index >= 15 is 8.78 Å². The SMILES string of the molecule is CC1CCC(c2ccccc2)S(=O)(=O)N1Cc1cc(F)c(C(CO)c2ccccc2)cc1F. The third-order valence-corrected chi connectivity index (χ3v) is 8.82. The topological polar surface area (TPSA) is 57.6 Å². The molecule has 4 nitrogen and oxygen atoms in total. The van der Waals surface area contributed by atoms with E-state index in [2.05, 4.69) is 0 Å². The van der Waals surface area contributed by atoms with Crippen molar-refractivity contribution in [2.24, 2.45) is 0 Å². The molecule has 174 valence electrons. The molecule has 0 spiro atoms. The molecule has 0 aliphatic carbocycles. The van der Waals surface area contributed by atoms with E-state index < -0.39 is 32.8 Å². The molecule has 0 radical (unpaired) electrons. The number of hydrogen-bond donors (Lipinski definition) is 1. The van der Waals surface area contributed by atoms with Gasteiger partial charge >= 0.3 is 0 Å². The quantitative estimate of drug-likeness (QED) is 0.541. The monoisotopic (exact) mass is 471 g/mol. The van der Waals surface area contributed by atoms with Crippen LogP contribution < -0.4 is 0 Å². The minimum atomic E-state index is -3.76. The fourth-order valence-corrected chi connectivity index (χ4v) is 6.77. The van der Waals surface area contributed by atoms with E-state index in [1.165, 1.54) is 4.31 Å². The Kier molecular flexibility index (Phi) is 6.93. The molecule has 1 N–H and O–H groups in total. The number of hydrogen-bond acceptors (Lipinski definition) is 3. The van der Waals surface area contributed by atoms with Crippen molar-refractivity contribution < 1.29 is 22.3 Å². The Morgan fingerprint density at radius 2 is 1.61 bits per heavy atom. The van der Waals surface area contributed by atoms with Crippen LogP contribution in [0.15, 0.2) is 72.8 Å². The highest BCUT2D eigenvalue weighted by Gasteiger charge is 2.40.